The normalized spacial score (nSPS) is 13.3. The molecule has 4 nitrogen and oxygen atoms in total. The maximum Gasteiger partial charge on any atom is 0.133 e. The van der Waals surface area contributed by atoms with Crippen molar-refractivity contribution in [2.45, 2.75) is 25.9 Å². The second-order valence-corrected chi connectivity index (χ2v) is 6.27. The lowest BCUT2D eigenvalue weighted by atomic mass is 10.0. The van der Waals surface area contributed by atoms with E-state index in [1.165, 1.54) is 11.3 Å². The van der Waals surface area contributed by atoms with Gasteiger partial charge in [0.15, 0.2) is 0 Å². The molecule has 0 fully saturated rings. The number of aromatic nitrogens is 3. The number of thiazole rings is 1. The Morgan fingerprint density at radius 3 is 2.67 bits per heavy atom. The molecule has 2 aromatic heterocycles. The first-order chi connectivity index (χ1) is 8.43. The van der Waals surface area contributed by atoms with Crippen molar-refractivity contribution in [3.8, 4) is 0 Å². The molecule has 18 heavy (non-hydrogen) atoms. The molecule has 2 rings (SSSR count). The lowest BCUT2D eigenvalue weighted by Gasteiger charge is -2.11. The van der Waals surface area contributed by atoms with Crippen molar-refractivity contribution in [2.24, 2.45) is 7.05 Å². The van der Waals surface area contributed by atoms with E-state index < -0.39 is 6.10 Å². The van der Waals surface area contributed by atoms with E-state index >= 15 is 0 Å². The molecule has 0 aromatic carbocycles. The lowest BCUT2D eigenvalue weighted by Crippen LogP contribution is -2.03. The van der Waals surface area contributed by atoms with Crippen LogP contribution in [-0.2, 0) is 7.05 Å². The Balaban J connectivity index is 2.54. The van der Waals surface area contributed by atoms with Crippen LogP contribution in [0.4, 0.5) is 0 Å². The van der Waals surface area contributed by atoms with Crippen molar-refractivity contribution in [1.29, 1.82) is 0 Å². The molecule has 0 aliphatic carbocycles. The third-order valence-electron chi connectivity index (χ3n) is 2.66. The average molecular weight is 351 g/mol. The first-order valence-electron chi connectivity index (χ1n) is 5.42. The highest BCUT2D eigenvalue weighted by molar-refractivity contribution is 9.10. The van der Waals surface area contributed by atoms with Crippen LogP contribution in [0, 0.1) is 0 Å². The van der Waals surface area contributed by atoms with E-state index in [1.807, 2.05) is 13.8 Å². The van der Waals surface area contributed by atoms with Gasteiger partial charge in [-0.25, -0.2) is 4.98 Å². The maximum atomic E-state index is 10.5. The fraction of sp³-hybridized carbons (Fsp3) is 0.455. The van der Waals surface area contributed by atoms with Gasteiger partial charge in [-0.1, -0.05) is 25.4 Å². The summed E-state index contributed by atoms with van der Waals surface area (Å²) in [7, 11) is 1.77. The van der Waals surface area contributed by atoms with Gasteiger partial charge in [-0.15, -0.1) is 11.3 Å². The minimum absolute atomic E-state index is 0.194. The second-order valence-electron chi connectivity index (χ2n) is 4.28. The number of aryl methyl sites for hydroxylation is 1. The Labute approximate surface area is 123 Å². The topological polar surface area (TPSA) is 50.9 Å². The quantitative estimate of drug-likeness (QED) is 0.922. The number of halogens is 2. The maximum absolute atomic E-state index is 10.5. The third-order valence-corrected chi connectivity index (χ3v) is 4.88. The van der Waals surface area contributed by atoms with Crippen LogP contribution in [0.25, 0.3) is 0 Å². The Bertz CT molecular complexity index is 567. The van der Waals surface area contributed by atoms with Crippen LogP contribution in [0.3, 0.4) is 0 Å². The second kappa shape index (κ2) is 5.28. The largest absolute Gasteiger partial charge is 0.383 e. The molecule has 0 amide bonds. The summed E-state index contributed by atoms with van der Waals surface area (Å²) < 4.78 is 2.24. The predicted molar refractivity (Wildman–Crippen MR) is 76.2 cm³/mol. The Hall–Kier alpha value is -0.430. The van der Waals surface area contributed by atoms with Crippen LogP contribution in [0.1, 0.15) is 42.0 Å². The van der Waals surface area contributed by atoms with Crippen molar-refractivity contribution < 1.29 is 5.11 Å². The fourth-order valence-corrected chi connectivity index (χ4v) is 3.41. The molecule has 1 N–H and O–H groups in total. The van der Waals surface area contributed by atoms with Gasteiger partial charge in [-0.05, 0) is 21.8 Å². The molecule has 2 aromatic rings. The number of hydrogen-bond donors (Lipinski definition) is 1. The lowest BCUT2D eigenvalue weighted by molar-refractivity contribution is 0.221. The third kappa shape index (κ3) is 2.34. The van der Waals surface area contributed by atoms with Crippen LogP contribution in [0.15, 0.2) is 10.1 Å². The molecule has 0 bridgehead atoms. The standard InChI is InChI=1S/C11H13BrClN3OS/c1-5(2)7-6(11(13)16(3)15-7)8(17)9-10(12)14-4-18-9/h4-5,8,17H,1-3H3. The van der Waals surface area contributed by atoms with Crippen molar-refractivity contribution in [3.05, 3.63) is 31.4 Å². The van der Waals surface area contributed by atoms with E-state index in [0.29, 0.717) is 15.3 Å². The Morgan fingerprint density at radius 1 is 1.50 bits per heavy atom. The van der Waals surface area contributed by atoms with Gasteiger partial charge < -0.3 is 5.11 Å². The van der Waals surface area contributed by atoms with Gasteiger partial charge in [0.2, 0.25) is 0 Å². The highest BCUT2D eigenvalue weighted by Gasteiger charge is 2.27. The van der Waals surface area contributed by atoms with E-state index in [-0.39, 0.29) is 5.92 Å². The molecule has 0 spiro atoms. The average Bonchev–Trinajstić information content (AvgIpc) is 2.84. The molecule has 2 heterocycles. The number of aliphatic hydroxyl groups excluding tert-OH is 1. The van der Waals surface area contributed by atoms with Gasteiger partial charge in [-0.2, -0.15) is 5.10 Å². The van der Waals surface area contributed by atoms with Gasteiger partial charge in [0.1, 0.15) is 15.9 Å². The highest BCUT2D eigenvalue weighted by atomic mass is 79.9. The van der Waals surface area contributed by atoms with Gasteiger partial charge >= 0.3 is 0 Å². The molecule has 0 saturated carbocycles. The monoisotopic (exact) mass is 349 g/mol. The minimum Gasteiger partial charge on any atom is -0.383 e. The van der Waals surface area contributed by atoms with Crippen molar-refractivity contribution >= 4 is 38.9 Å². The van der Waals surface area contributed by atoms with E-state index in [0.717, 1.165) is 10.6 Å². The number of rotatable bonds is 3. The van der Waals surface area contributed by atoms with Crippen LogP contribution in [-0.4, -0.2) is 19.9 Å². The van der Waals surface area contributed by atoms with Crippen molar-refractivity contribution in [3.63, 3.8) is 0 Å². The predicted octanol–water partition coefficient (Wildman–Crippen LogP) is 3.50. The minimum atomic E-state index is -0.800. The van der Waals surface area contributed by atoms with Gasteiger partial charge in [-0.3, -0.25) is 4.68 Å². The van der Waals surface area contributed by atoms with Crippen molar-refractivity contribution in [2.75, 3.05) is 0 Å². The molecule has 7 heteroatoms. The number of aliphatic hydroxyl groups is 1. The smallest absolute Gasteiger partial charge is 0.133 e. The molecule has 1 unspecified atom stereocenters. The van der Waals surface area contributed by atoms with Gasteiger partial charge in [0.25, 0.3) is 0 Å². The van der Waals surface area contributed by atoms with Crippen molar-refractivity contribution in [1.82, 2.24) is 14.8 Å². The van der Waals surface area contributed by atoms with E-state index in [2.05, 4.69) is 26.0 Å². The van der Waals surface area contributed by atoms with E-state index in [9.17, 15) is 5.11 Å². The molecule has 98 valence electrons. The summed E-state index contributed by atoms with van der Waals surface area (Å²) in [5, 5.41) is 15.3. The van der Waals surface area contributed by atoms with Crippen LogP contribution < -0.4 is 0 Å². The molecule has 0 saturated heterocycles. The zero-order valence-electron chi connectivity index (χ0n) is 10.2. The first-order valence-corrected chi connectivity index (χ1v) is 7.47. The zero-order valence-corrected chi connectivity index (χ0v) is 13.3. The summed E-state index contributed by atoms with van der Waals surface area (Å²) in [6, 6.07) is 0. The first kappa shape index (κ1) is 14.0. The van der Waals surface area contributed by atoms with E-state index in [1.54, 1.807) is 17.2 Å². The van der Waals surface area contributed by atoms with Gasteiger partial charge in [0, 0.05) is 12.6 Å². The molecule has 0 radical (unpaired) electrons. The highest BCUT2D eigenvalue weighted by Crippen LogP contribution is 2.38. The summed E-state index contributed by atoms with van der Waals surface area (Å²) in [6.45, 7) is 4.05. The Morgan fingerprint density at radius 2 is 2.17 bits per heavy atom. The molecule has 1 atom stereocenters. The molecular weight excluding hydrogens is 338 g/mol. The zero-order chi connectivity index (χ0) is 13.4. The summed E-state index contributed by atoms with van der Waals surface area (Å²) in [5.74, 6) is 0.194. The number of hydrogen-bond acceptors (Lipinski definition) is 4. The van der Waals surface area contributed by atoms with Gasteiger partial charge in [0.05, 0.1) is 16.1 Å². The fourth-order valence-electron chi connectivity index (χ4n) is 1.77. The molecule has 0 aliphatic heterocycles. The summed E-state index contributed by atoms with van der Waals surface area (Å²) >= 11 is 10.9. The molecular formula is C11H13BrClN3OS. The Kier molecular flexibility index (Phi) is 4.11. The SMILES string of the molecule is CC(C)c1nn(C)c(Cl)c1C(O)c1scnc1Br. The molecule has 0 aliphatic rings. The summed E-state index contributed by atoms with van der Waals surface area (Å²) in [4.78, 5) is 4.82. The van der Waals surface area contributed by atoms with E-state index in [4.69, 9.17) is 11.6 Å². The summed E-state index contributed by atoms with van der Waals surface area (Å²) in [5.41, 5.74) is 3.16. The summed E-state index contributed by atoms with van der Waals surface area (Å²) in [6.07, 6.45) is -0.800. The van der Waals surface area contributed by atoms with Crippen LogP contribution >= 0.6 is 38.9 Å². The van der Waals surface area contributed by atoms with Crippen LogP contribution in [0.2, 0.25) is 5.15 Å². The number of nitrogens with zero attached hydrogens (tertiary/aromatic N) is 3. The van der Waals surface area contributed by atoms with Crippen LogP contribution in [0.5, 0.6) is 0 Å².